The van der Waals surface area contributed by atoms with Crippen LogP contribution in [-0.2, 0) is 0 Å². The molecule has 118 valence electrons. The second-order valence-corrected chi connectivity index (χ2v) is 6.14. The van der Waals surface area contributed by atoms with Gasteiger partial charge in [-0.1, -0.05) is 0 Å². The van der Waals surface area contributed by atoms with Crippen LogP contribution in [-0.4, -0.2) is 68.5 Å². The third-order valence-electron chi connectivity index (χ3n) is 3.88. The molecule has 0 N–H and O–H groups in total. The van der Waals surface area contributed by atoms with Crippen LogP contribution in [0.15, 0.2) is 21.5 Å². The highest BCUT2D eigenvalue weighted by Crippen LogP contribution is 2.27. The van der Waals surface area contributed by atoms with E-state index in [-0.39, 0.29) is 6.04 Å². The summed E-state index contributed by atoms with van der Waals surface area (Å²) >= 11 is 0. The zero-order valence-corrected chi connectivity index (χ0v) is 14.0. The van der Waals surface area contributed by atoms with E-state index < -0.39 is 0 Å². The third kappa shape index (κ3) is 4.00. The molecule has 0 amide bonds. The van der Waals surface area contributed by atoms with E-state index in [9.17, 15) is 0 Å². The quantitative estimate of drug-likeness (QED) is 0.629. The summed E-state index contributed by atoms with van der Waals surface area (Å²) in [7, 11) is 8.11. The van der Waals surface area contributed by atoms with E-state index in [1.54, 1.807) is 0 Å². The van der Waals surface area contributed by atoms with Crippen LogP contribution in [0.2, 0.25) is 0 Å². The minimum Gasteiger partial charge on any atom is -0.465 e. The molecule has 1 saturated heterocycles. The fraction of sp³-hybridized carbons (Fsp3) is 0.688. The molecular formula is C16H28N4O. The van der Waals surface area contributed by atoms with Crippen LogP contribution in [0.3, 0.4) is 0 Å². The van der Waals surface area contributed by atoms with E-state index in [1.165, 1.54) is 12.8 Å². The molecule has 0 unspecified atom stereocenters. The molecular weight excluding hydrogens is 264 g/mol. The average molecular weight is 292 g/mol. The number of hydrogen-bond donors (Lipinski definition) is 0. The molecule has 1 aromatic heterocycles. The van der Waals surface area contributed by atoms with E-state index in [2.05, 4.69) is 20.8 Å². The molecule has 1 atom stereocenters. The van der Waals surface area contributed by atoms with Gasteiger partial charge in [0.25, 0.3) is 0 Å². The van der Waals surface area contributed by atoms with Gasteiger partial charge in [0, 0.05) is 28.2 Å². The number of rotatable bonds is 4. The number of furan rings is 1. The van der Waals surface area contributed by atoms with Crippen molar-refractivity contribution in [1.82, 2.24) is 14.7 Å². The molecule has 1 fully saturated rings. The minimum absolute atomic E-state index is 0.246. The topological polar surface area (TPSA) is 35.2 Å². The second kappa shape index (κ2) is 6.98. The smallest absolute Gasteiger partial charge is 0.195 e. The van der Waals surface area contributed by atoms with Crippen LogP contribution in [0.1, 0.15) is 30.4 Å². The van der Waals surface area contributed by atoms with Crippen molar-refractivity contribution in [1.29, 1.82) is 0 Å². The Kier molecular flexibility index (Phi) is 5.28. The van der Waals surface area contributed by atoms with Crippen molar-refractivity contribution in [3.05, 3.63) is 23.7 Å². The van der Waals surface area contributed by atoms with E-state index >= 15 is 0 Å². The first-order valence-electron chi connectivity index (χ1n) is 7.68. The maximum absolute atomic E-state index is 5.87. The highest BCUT2D eigenvalue weighted by Gasteiger charge is 2.26. The van der Waals surface area contributed by atoms with Crippen molar-refractivity contribution in [2.45, 2.75) is 25.8 Å². The van der Waals surface area contributed by atoms with E-state index in [0.29, 0.717) is 0 Å². The standard InChI is InChI=1S/C16H28N4O/c1-13-8-9-15(21-13)14(20-10-6-7-11-20)12-17-16(18(2)3)19(4)5/h8-9,14H,6-7,10-12H2,1-5H3/t14-/m0/s1. The summed E-state index contributed by atoms with van der Waals surface area (Å²) in [5.74, 6) is 3.00. The van der Waals surface area contributed by atoms with Gasteiger partial charge in [0.2, 0.25) is 0 Å². The Morgan fingerprint density at radius 2 is 1.81 bits per heavy atom. The first kappa shape index (κ1) is 15.9. The van der Waals surface area contributed by atoms with Crippen LogP contribution in [0.4, 0.5) is 0 Å². The summed E-state index contributed by atoms with van der Waals surface area (Å²) < 4.78 is 5.87. The molecule has 2 heterocycles. The fourth-order valence-electron chi connectivity index (χ4n) is 2.92. The Morgan fingerprint density at radius 1 is 1.19 bits per heavy atom. The lowest BCUT2D eigenvalue weighted by Gasteiger charge is -2.27. The summed E-state index contributed by atoms with van der Waals surface area (Å²) in [6.07, 6.45) is 2.54. The molecule has 1 aliphatic rings. The Bertz CT molecular complexity index is 462. The Morgan fingerprint density at radius 3 is 2.29 bits per heavy atom. The van der Waals surface area contributed by atoms with Gasteiger partial charge < -0.3 is 14.2 Å². The number of likely N-dealkylation sites (tertiary alicyclic amines) is 1. The molecule has 1 aromatic rings. The van der Waals surface area contributed by atoms with Crippen molar-refractivity contribution in [2.75, 3.05) is 47.8 Å². The summed E-state index contributed by atoms with van der Waals surface area (Å²) in [6.45, 7) is 5.01. The molecule has 0 aliphatic carbocycles. The van der Waals surface area contributed by atoms with Crippen molar-refractivity contribution in [3.63, 3.8) is 0 Å². The number of aryl methyl sites for hydroxylation is 1. The molecule has 0 radical (unpaired) electrons. The highest BCUT2D eigenvalue weighted by atomic mass is 16.3. The Labute approximate surface area is 128 Å². The van der Waals surface area contributed by atoms with Gasteiger partial charge in [-0.05, 0) is 45.0 Å². The third-order valence-corrected chi connectivity index (χ3v) is 3.88. The summed E-state index contributed by atoms with van der Waals surface area (Å²) in [6, 6.07) is 4.39. The number of guanidine groups is 1. The van der Waals surface area contributed by atoms with Gasteiger partial charge in [0.15, 0.2) is 5.96 Å². The van der Waals surface area contributed by atoms with Gasteiger partial charge in [-0.2, -0.15) is 0 Å². The zero-order valence-electron chi connectivity index (χ0n) is 14.0. The molecule has 2 rings (SSSR count). The average Bonchev–Trinajstić information content (AvgIpc) is 3.05. The SMILES string of the molecule is Cc1ccc([C@H](CN=C(N(C)C)N(C)C)N2CCCC2)o1. The maximum atomic E-state index is 5.87. The Balaban J connectivity index is 2.18. The van der Waals surface area contributed by atoms with Gasteiger partial charge in [-0.15, -0.1) is 0 Å². The van der Waals surface area contributed by atoms with E-state index in [0.717, 1.165) is 37.1 Å². The molecule has 0 bridgehead atoms. The van der Waals surface area contributed by atoms with Gasteiger partial charge in [0.1, 0.15) is 11.5 Å². The van der Waals surface area contributed by atoms with Crippen LogP contribution in [0.5, 0.6) is 0 Å². The molecule has 0 aromatic carbocycles. The molecule has 21 heavy (non-hydrogen) atoms. The lowest BCUT2D eigenvalue weighted by atomic mass is 10.2. The maximum Gasteiger partial charge on any atom is 0.195 e. The zero-order chi connectivity index (χ0) is 15.4. The van der Waals surface area contributed by atoms with Crippen LogP contribution >= 0.6 is 0 Å². The highest BCUT2D eigenvalue weighted by molar-refractivity contribution is 5.79. The normalized spacial score (nSPS) is 16.8. The first-order valence-corrected chi connectivity index (χ1v) is 7.68. The largest absolute Gasteiger partial charge is 0.465 e. The molecule has 5 nitrogen and oxygen atoms in total. The number of nitrogens with zero attached hydrogens (tertiary/aromatic N) is 4. The molecule has 5 heteroatoms. The summed E-state index contributed by atoms with van der Waals surface area (Å²) in [5, 5.41) is 0. The Hall–Kier alpha value is -1.49. The van der Waals surface area contributed by atoms with Gasteiger partial charge in [0.05, 0.1) is 12.6 Å². The number of hydrogen-bond acceptors (Lipinski definition) is 3. The minimum atomic E-state index is 0.246. The van der Waals surface area contributed by atoms with E-state index in [4.69, 9.17) is 9.41 Å². The van der Waals surface area contributed by atoms with Crippen molar-refractivity contribution in [2.24, 2.45) is 4.99 Å². The predicted octanol–water partition coefficient (Wildman–Crippen LogP) is 2.20. The molecule has 0 saturated carbocycles. The van der Waals surface area contributed by atoms with Crippen molar-refractivity contribution in [3.8, 4) is 0 Å². The first-order chi connectivity index (χ1) is 9.99. The fourth-order valence-corrected chi connectivity index (χ4v) is 2.92. The van der Waals surface area contributed by atoms with Gasteiger partial charge >= 0.3 is 0 Å². The predicted molar refractivity (Wildman–Crippen MR) is 86.7 cm³/mol. The lowest BCUT2D eigenvalue weighted by Crippen LogP contribution is -2.36. The van der Waals surface area contributed by atoms with Gasteiger partial charge in [-0.3, -0.25) is 9.89 Å². The van der Waals surface area contributed by atoms with Crippen LogP contribution < -0.4 is 0 Å². The van der Waals surface area contributed by atoms with Crippen molar-refractivity contribution < 1.29 is 4.42 Å². The van der Waals surface area contributed by atoms with E-state index in [1.807, 2.05) is 41.2 Å². The monoisotopic (exact) mass is 292 g/mol. The molecule has 1 aliphatic heterocycles. The van der Waals surface area contributed by atoms with Gasteiger partial charge in [-0.25, -0.2) is 0 Å². The second-order valence-electron chi connectivity index (χ2n) is 6.14. The number of aliphatic imine (C=N–C) groups is 1. The summed E-state index contributed by atoms with van der Waals surface area (Å²) in [5.41, 5.74) is 0. The van der Waals surface area contributed by atoms with Crippen LogP contribution in [0, 0.1) is 6.92 Å². The molecule has 0 spiro atoms. The van der Waals surface area contributed by atoms with Crippen LogP contribution in [0.25, 0.3) is 0 Å². The van der Waals surface area contributed by atoms with Crippen molar-refractivity contribution >= 4 is 5.96 Å². The lowest BCUT2D eigenvalue weighted by molar-refractivity contribution is 0.218. The summed E-state index contributed by atoms with van der Waals surface area (Å²) in [4.78, 5) is 11.4.